The standard InChI is InChI=1S/C31H25N3O2/c1-36-22-15-16-28-24(18-22)30(31(35)34(28)19-20-9-3-2-4-10-20)29(23-12-6-7-13-25(23)32)27-17-21-11-5-8-14-26(21)33-27/h2-18,33H,19,32H2,1H3. The molecule has 1 aliphatic heterocycles. The lowest BCUT2D eigenvalue weighted by atomic mass is 9.92. The summed E-state index contributed by atoms with van der Waals surface area (Å²) in [7, 11) is 1.64. The molecule has 4 aromatic carbocycles. The van der Waals surface area contributed by atoms with Crippen molar-refractivity contribution in [3.63, 3.8) is 0 Å². The predicted octanol–water partition coefficient (Wildman–Crippen LogP) is 6.26. The molecule has 0 saturated heterocycles. The third-order valence-corrected chi connectivity index (χ3v) is 6.69. The molecule has 6 rings (SSSR count). The summed E-state index contributed by atoms with van der Waals surface area (Å²) in [6.07, 6.45) is 0. The number of para-hydroxylation sites is 2. The zero-order valence-electron chi connectivity index (χ0n) is 19.9. The maximum atomic E-state index is 14.3. The summed E-state index contributed by atoms with van der Waals surface area (Å²) in [5, 5.41) is 1.07. The number of ether oxygens (including phenoxy) is 1. The number of carbonyl (C=O) groups is 1. The number of rotatable bonds is 5. The summed E-state index contributed by atoms with van der Waals surface area (Å²) in [6.45, 7) is 0.465. The monoisotopic (exact) mass is 471 g/mol. The molecule has 0 aliphatic carbocycles. The summed E-state index contributed by atoms with van der Waals surface area (Å²) < 4.78 is 5.55. The van der Waals surface area contributed by atoms with Crippen LogP contribution in [0.25, 0.3) is 22.0 Å². The van der Waals surface area contributed by atoms with E-state index in [4.69, 9.17) is 10.5 Å². The van der Waals surface area contributed by atoms with Gasteiger partial charge in [0.2, 0.25) is 0 Å². The molecule has 5 aromatic rings. The van der Waals surface area contributed by atoms with Gasteiger partial charge in [0.15, 0.2) is 0 Å². The average molecular weight is 472 g/mol. The van der Waals surface area contributed by atoms with Gasteiger partial charge in [0.05, 0.1) is 24.9 Å². The van der Waals surface area contributed by atoms with E-state index in [0.717, 1.165) is 44.5 Å². The first kappa shape index (κ1) is 21.7. The number of aromatic amines is 1. The number of nitrogen functional groups attached to an aromatic ring is 1. The van der Waals surface area contributed by atoms with E-state index in [-0.39, 0.29) is 5.91 Å². The van der Waals surface area contributed by atoms with Crippen LogP contribution in [0, 0.1) is 0 Å². The zero-order valence-corrected chi connectivity index (χ0v) is 19.9. The summed E-state index contributed by atoms with van der Waals surface area (Å²) >= 11 is 0. The Balaban J connectivity index is 1.64. The highest BCUT2D eigenvalue weighted by atomic mass is 16.5. The highest BCUT2D eigenvalue weighted by Crippen LogP contribution is 2.46. The van der Waals surface area contributed by atoms with E-state index < -0.39 is 0 Å². The Bertz CT molecular complexity index is 1600. The number of hydrogen-bond donors (Lipinski definition) is 2. The number of aromatic nitrogens is 1. The number of nitrogens with zero attached hydrogens (tertiary/aromatic N) is 1. The molecule has 1 aromatic heterocycles. The minimum absolute atomic E-state index is 0.0704. The highest BCUT2D eigenvalue weighted by molar-refractivity contribution is 6.39. The summed E-state index contributed by atoms with van der Waals surface area (Å²) in [4.78, 5) is 19.6. The van der Waals surface area contributed by atoms with E-state index in [1.807, 2.05) is 95.9 Å². The van der Waals surface area contributed by atoms with Gasteiger partial charge in [0.1, 0.15) is 5.75 Å². The van der Waals surface area contributed by atoms with Crippen molar-refractivity contribution in [3.8, 4) is 5.75 Å². The average Bonchev–Trinajstić information content (AvgIpc) is 3.45. The van der Waals surface area contributed by atoms with Crippen LogP contribution in [0.5, 0.6) is 5.75 Å². The number of nitrogens with two attached hydrogens (primary N) is 1. The van der Waals surface area contributed by atoms with Crippen LogP contribution in [-0.4, -0.2) is 18.0 Å². The normalized spacial score (nSPS) is 14.2. The van der Waals surface area contributed by atoms with Gasteiger partial charge in [-0.3, -0.25) is 4.79 Å². The van der Waals surface area contributed by atoms with E-state index in [1.165, 1.54) is 0 Å². The second-order valence-corrected chi connectivity index (χ2v) is 8.87. The SMILES string of the molecule is COc1ccc2c(c1)C(=C(c1cc3ccccc3[nH]1)c1ccccc1N)C(=O)N2Cc1ccccc1. The molecule has 1 amide bonds. The van der Waals surface area contributed by atoms with Gasteiger partial charge in [-0.15, -0.1) is 0 Å². The summed E-state index contributed by atoms with van der Waals surface area (Å²) in [6, 6.07) is 33.7. The smallest absolute Gasteiger partial charge is 0.260 e. The van der Waals surface area contributed by atoms with Crippen molar-refractivity contribution in [1.29, 1.82) is 0 Å². The van der Waals surface area contributed by atoms with Gasteiger partial charge >= 0.3 is 0 Å². The van der Waals surface area contributed by atoms with Crippen molar-refractivity contribution in [3.05, 3.63) is 126 Å². The number of carbonyl (C=O) groups excluding carboxylic acids is 1. The van der Waals surface area contributed by atoms with E-state index in [0.29, 0.717) is 23.6 Å². The van der Waals surface area contributed by atoms with Crippen LogP contribution >= 0.6 is 0 Å². The minimum Gasteiger partial charge on any atom is -0.497 e. The molecule has 0 fully saturated rings. The number of benzene rings is 4. The molecule has 0 radical (unpaired) electrons. The Morgan fingerprint density at radius 3 is 2.42 bits per heavy atom. The Hall–Kier alpha value is -4.77. The van der Waals surface area contributed by atoms with Crippen molar-refractivity contribution in [2.24, 2.45) is 0 Å². The number of fused-ring (bicyclic) bond motifs is 2. The summed E-state index contributed by atoms with van der Waals surface area (Å²) in [5.41, 5.74) is 13.9. The molecular weight excluding hydrogens is 446 g/mol. The van der Waals surface area contributed by atoms with Gasteiger partial charge in [-0.25, -0.2) is 0 Å². The zero-order chi connectivity index (χ0) is 24.6. The topological polar surface area (TPSA) is 71.3 Å². The minimum atomic E-state index is -0.0704. The number of nitrogens with one attached hydrogen (secondary N) is 1. The molecule has 2 heterocycles. The van der Waals surface area contributed by atoms with Gasteiger partial charge in [0.25, 0.3) is 5.91 Å². The Morgan fingerprint density at radius 2 is 1.64 bits per heavy atom. The fraction of sp³-hybridized carbons (Fsp3) is 0.0645. The second kappa shape index (κ2) is 8.78. The number of amides is 1. The molecule has 5 nitrogen and oxygen atoms in total. The van der Waals surface area contributed by atoms with Crippen LogP contribution in [0.1, 0.15) is 22.4 Å². The lowest BCUT2D eigenvalue weighted by Gasteiger charge is -2.18. The first-order valence-corrected chi connectivity index (χ1v) is 11.9. The van der Waals surface area contributed by atoms with Crippen molar-refractivity contribution < 1.29 is 9.53 Å². The molecule has 176 valence electrons. The van der Waals surface area contributed by atoms with Crippen LogP contribution in [-0.2, 0) is 11.3 Å². The van der Waals surface area contributed by atoms with Gasteiger partial charge in [-0.2, -0.15) is 0 Å². The lowest BCUT2D eigenvalue weighted by molar-refractivity contribution is -0.113. The molecule has 0 atom stereocenters. The van der Waals surface area contributed by atoms with Crippen LogP contribution in [0.2, 0.25) is 0 Å². The van der Waals surface area contributed by atoms with Crippen molar-refractivity contribution in [2.45, 2.75) is 6.54 Å². The van der Waals surface area contributed by atoms with Gasteiger partial charge in [-0.1, -0.05) is 66.7 Å². The van der Waals surface area contributed by atoms with Gasteiger partial charge in [0, 0.05) is 39.0 Å². The largest absolute Gasteiger partial charge is 0.497 e. The molecule has 0 unspecified atom stereocenters. The van der Waals surface area contributed by atoms with E-state index in [2.05, 4.69) is 17.1 Å². The first-order chi connectivity index (χ1) is 17.6. The van der Waals surface area contributed by atoms with Crippen LogP contribution in [0.4, 0.5) is 11.4 Å². The van der Waals surface area contributed by atoms with E-state index in [9.17, 15) is 4.79 Å². The van der Waals surface area contributed by atoms with Gasteiger partial charge < -0.3 is 20.4 Å². The number of H-pyrrole nitrogens is 1. The Morgan fingerprint density at radius 1 is 0.889 bits per heavy atom. The molecule has 0 bridgehead atoms. The highest BCUT2D eigenvalue weighted by Gasteiger charge is 2.36. The number of hydrogen-bond acceptors (Lipinski definition) is 3. The molecule has 5 heteroatoms. The van der Waals surface area contributed by atoms with Crippen LogP contribution in [0.15, 0.2) is 103 Å². The van der Waals surface area contributed by atoms with Crippen LogP contribution < -0.4 is 15.4 Å². The fourth-order valence-electron chi connectivity index (χ4n) is 4.95. The predicted molar refractivity (Wildman–Crippen MR) is 146 cm³/mol. The third-order valence-electron chi connectivity index (χ3n) is 6.69. The Labute approximate surface area is 209 Å². The molecule has 0 spiro atoms. The molecule has 0 saturated carbocycles. The van der Waals surface area contributed by atoms with Gasteiger partial charge in [-0.05, 0) is 42.0 Å². The lowest BCUT2D eigenvalue weighted by Crippen LogP contribution is -2.26. The van der Waals surface area contributed by atoms with E-state index in [1.54, 1.807) is 7.11 Å². The second-order valence-electron chi connectivity index (χ2n) is 8.87. The molecule has 3 N–H and O–H groups in total. The maximum Gasteiger partial charge on any atom is 0.260 e. The Kier molecular flexibility index (Phi) is 5.30. The van der Waals surface area contributed by atoms with Crippen molar-refractivity contribution >= 4 is 39.3 Å². The fourth-order valence-corrected chi connectivity index (χ4v) is 4.95. The first-order valence-electron chi connectivity index (χ1n) is 11.9. The van der Waals surface area contributed by atoms with E-state index >= 15 is 0 Å². The van der Waals surface area contributed by atoms with Crippen LogP contribution in [0.3, 0.4) is 0 Å². The molecular formula is C31H25N3O2. The van der Waals surface area contributed by atoms with Crippen molar-refractivity contribution in [2.75, 3.05) is 17.7 Å². The number of anilines is 2. The summed E-state index contributed by atoms with van der Waals surface area (Å²) in [5.74, 6) is 0.622. The number of methoxy groups -OCH3 is 1. The third kappa shape index (κ3) is 3.62. The van der Waals surface area contributed by atoms with Crippen molar-refractivity contribution in [1.82, 2.24) is 4.98 Å². The quantitative estimate of drug-likeness (QED) is 0.235. The molecule has 1 aliphatic rings. The maximum absolute atomic E-state index is 14.3. The molecule has 36 heavy (non-hydrogen) atoms.